The summed E-state index contributed by atoms with van der Waals surface area (Å²) in [5.41, 5.74) is 8.78. The van der Waals surface area contributed by atoms with E-state index >= 15 is 0 Å². The van der Waals surface area contributed by atoms with Crippen molar-refractivity contribution in [2.24, 2.45) is 0 Å². The van der Waals surface area contributed by atoms with Gasteiger partial charge in [-0.05, 0) is 42.3 Å². The molecule has 10 nitrogen and oxygen atoms in total. The Balaban J connectivity index is 1.20. The number of hydrogen-bond acceptors (Lipinski definition) is 7. The van der Waals surface area contributed by atoms with Gasteiger partial charge in [0.15, 0.2) is 17.3 Å². The van der Waals surface area contributed by atoms with Gasteiger partial charge in [-0.3, -0.25) is 14.6 Å². The van der Waals surface area contributed by atoms with Crippen LogP contribution in [0.3, 0.4) is 0 Å². The second-order valence-corrected chi connectivity index (χ2v) is 9.37. The highest BCUT2D eigenvalue weighted by Crippen LogP contribution is 2.29. The zero-order valence-electron chi connectivity index (χ0n) is 21.1. The Morgan fingerprint density at radius 2 is 1.77 bits per heavy atom. The summed E-state index contributed by atoms with van der Waals surface area (Å²) >= 11 is 0. The van der Waals surface area contributed by atoms with E-state index in [9.17, 15) is 0 Å². The summed E-state index contributed by atoms with van der Waals surface area (Å²) in [6, 6.07) is 18.3. The van der Waals surface area contributed by atoms with Crippen molar-refractivity contribution in [1.82, 2.24) is 50.0 Å². The minimum atomic E-state index is 0.615. The van der Waals surface area contributed by atoms with E-state index in [2.05, 4.69) is 53.6 Å². The van der Waals surface area contributed by atoms with Crippen molar-refractivity contribution >= 4 is 22.1 Å². The minimum Gasteiger partial charge on any atom is -0.336 e. The summed E-state index contributed by atoms with van der Waals surface area (Å²) in [4.78, 5) is 26.5. The molecule has 6 aromatic heterocycles. The third kappa shape index (κ3) is 4.42. The maximum atomic E-state index is 4.96. The van der Waals surface area contributed by atoms with Crippen LogP contribution in [-0.4, -0.2) is 44.7 Å². The summed E-state index contributed by atoms with van der Waals surface area (Å²) in [7, 11) is 0. The molecule has 6 heterocycles. The maximum absolute atomic E-state index is 4.96. The minimum absolute atomic E-state index is 0.615. The van der Waals surface area contributed by atoms with Gasteiger partial charge in [-0.25, -0.2) is 19.9 Å². The van der Waals surface area contributed by atoms with Gasteiger partial charge in [0.2, 0.25) is 0 Å². The molecular weight excluding hydrogens is 488 g/mol. The van der Waals surface area contributed by atoms with Crippen LogP contribution < -0.4 is 5.32 Å². The highest BCUT2D eigenvalue weighted by Gasteiger charge is 2.17. The molecular formula is C29H24N10. The van der Waals surface area contributed by atoms with Crippen molar-refractivity contribution in [1.29, 1.82) is 0 Å². The first-order valence-corrected chi connectivity index (χ1v) is 12.6. The van der Waals surface area contributed by atoms with Crippen LogP contribution in [-0.2, 0) is 13.1 Å². The summed E-state index contributed by atoms with van der Waals surface area (Å²) < 4.78 is 1.87. The number of aryl methyl sites for hydroxylation is 1. The van der Waals surface area contributed by atoms with Gasteiger partial charge in [-0.15, -0.1) is 0 Å². The normalized spacial score (nSPS) is 11.5. The van der Waals surface area contributed by atoms with Gasteiger partial charge in [0.25, 0.3) is 0 Å². The van der Waals surface area contributed by atoms with Crippen molar-refractivity contribution in [3.8, 4) is 28.6 Å². The van der Waals surface area contributed by atoms with Crippen molar-refractivity contribution in [2.75, 3.05) is 0 Å². The molecule has 10 heteroatoms. The Bertz CT molecular complexity index is 1920. The lowest BCUT2D eigenvalue weighted by molar-refractivity contribution is 0.691. The van der Waals surface area contributed by atoms with E-state index in [1.807, 2.05) is 66.5 Å². The Morgan fingerprint density at radius 1 is 0.872 bits per heavy atom. The van der Waals surface area contributed by atoms with Crippen molar-refractivity contribution < 1.29 is 0 Å². The molecule has 7 rings (SSSR count). The van der Waals surface area contributed by atoms with Crippen LogP contribution in [0.1, 0.15) is 16.8 Å². The average Bonchev–Trinajstić information content (AvgIpc) is 3.71. The molecule has 0 bridgehead atoms. The molecule has 0 aliphatic carbocycles. The first-order valence-electron chi connectivity index (χ1n) is 12.6. The van der Waals surface area contributed by atoms with Gasteiger partial charge < -0.3 is 10.3 Å². The number of nitrogens with one attached hydrogen (secondary N) is 3. The molecule has 0 saturated heterocycles. The molecule has 3 N–H and O–H groups in total. The lowest BCUT2D eigenvalue weighted by atomic mass is 10.1. The van der Waals surface area contributed by atoms with Gasteiger partial charge in [0, 0.05) is 43.4 Å². The lowest BCUT2D eigenvalue weighted by Gasteiger charge is -2.07. The van der Waals surface area contributed by atoms with Gasteiger partial charge in [0.1, 0.15) is 17.4 Å². The van der Waals surface area contributed by atoms with E-state index in [1.165, 1.54) is 5.56 Å². The smallest absolute Gasteiger partial charge is 0.166 e. The summed E-state index contributed by atoms with van der Waals surface area (Å²) in [6.07, 6.45) is 9.13. The van der Waals surface area contributed by atoms with Crippen LogP contribution >= 0.6 is 0 Å². The first kappa shape index (κ1) is 22.9. The highest BCUT2D eigenvalue weighted by molar-refractivity contribution is 5.92. The van der Waals surface area contributed by atoms with Crippen LogP contribution in [0.2, 0.25) is 0 Å². The molecule has 0 aliphatic heterocycles. The fourth-order valence-corrected chi connectivity index (χ4v) is 4.66. The molecule has 0 fully saturated rings. The van der Waals surface area contributed by atoms with Crippen LogP contribution in [0.15, 0.2) is 85.7 Å². The Kier molecular flexibility index (Phi) is 5.64. The third-order valence-corrected chi connectivity index (χ3v) is 6.56. The van der Waals surface area contributed by atoms with Gasteiger partial charge in [-0.1, -0.05) is 30.3 Å². The number of rotatable bonds is 7. The Morgan fingerprint density at radius 3 is 2.64 bits per heavy atom. The quantitative estimate of drug-likeness (QED) is 0.282. The molecule has 39 heavy (non-hydrogen) atoms. The zero-order valence-corrected chi connectivity index (χ0v) is 21.1. The van der Waals surface area contributed by atoms with Gasteiger partial charge >= 0.3 is 0 Å². The van der Waals surface area contributed by atoms with Crippen LogP contribution in [0, 0.1) is 6.92 Å². The highest BCUT2D eigenvalue weighted by atomic mass is 15.2. The van der Waals surface area contributed by atoms with E-state index in [0.29, 0.717) is 23.9 Å². The van der Waals surface area contributed by atoms with E-state index in [0.717, 1.165) is 51.1 Å². The van der Waals surface area contributed by atoms with E-state index < -0.39 is 0 Å². The number of fused-ring (bicyclic) bond motifs is 2. The molecule has 0 saturated carbocycles. The second-order valence-electron chi connectivity index (χ2n) is 9.37. The number of hydrogen-bond donors (Lipinski definition) is 3. The van der Waals surface area contributed by atoms with Crippen molar-refractivity contribution in [2.45, 2.75) is 20.0 Å². The van der Waals surface area contributed by atoms with Crippen molar-refractivity contribution in [3.63, 3.8) is 0 Å². The van der Waals surface area contributed by atoms with Crippen LogP contribution in [0.4, 0.5) is 0 Å². The third-order valence-electron chi connectivity index (χ3n) is 6.56. The molecule has 0 spiro atoms. The molecule has 0 amide bonds. The fraction of sp³-hybridized carbons (Fsp3) is 0.103. The van der Waals surface area contributed by atoms with E-state index in [4.69, 9.17) is 9.97 Å². The predicted molar refractivity (Wildman–Crippen MR) is 149 cm³/mol. The maximum Gasteiger partial charge on any atom is 0.166 e. The molecule has 7 aromatic rings. The molecule has 0 aliphatic rings. The Labute approximate surface area is 223 Å². The number of aromatic amines is 2. The fourth-order valence-electron chi connectivity index (χ4n) is 4.66. The lowest BCUT2D eigenvalue weighted by Crippen LogP contribution is -2.12. The number of H-pyrrole nitrogens is 2. The standard InChI is InChI=1S/C29H24N10/c1-18-16-39(17-33-18)29-26-23(9-10-32-29)35-28(36-26)27-25-24(37-38-27)8-7-22(34-25)21-11-20(14-31-15-21)13-30-12-19-5-3-2-4-6-19/h2-11,14-17,30H,12-13H2,1H3,(H,35,36)(H,37,38). The number of benzene rings is 1. The van der Waals surface area contributed by atoms with Gasteiger partial charge in [0.05, 0.1) is 22.4 Å². The summed E-state index contributed by atoms with van der Waals surface area (Å²) in [6.45, 7) is 3.45. The van der Waals surface area contributed by atoms with E-state index in [-0.39, 0.29) is 0 Å². The van der Waals surface area contributed by atoms with Crippen molar-refractivity contribution in [3.05, 3.63) is 103 Å². The number of pyridine rings is 3. The first-order chi connectivity index (χ1) is 19.2. The topological polar surface area (TPSA) is 126 Å². The van der Waals surface area contributed by atoms with Crippen LogP contribution in [0.25, 0.3) is 50.7 Å². The monoisotopic (exact) mass is 512 g/mol. The summed E-state index contributed by atoms with van der Waals surface area (Å²) in [5, 5.41) is 11.1. The number of aromatic nitrogens is 9. The second kappa shape index (κ2) is 9.58. The molecule has 0 radical (unpaired) electrons. The van der Waals surface area contributed by atoms with Crippen LogP contribution in [0.5, 0.6) is 0 Å². The van der Waals surface area contributed by atoms with Gasteiger partial charge in [-0.2, -0.15) is 5.10 Å². The molecule has 0 atom stereocenters. The number of imidazole rings is 2. The number of nitrogens with zero attached hydrogens (tertiary/aromatic N) is 7. The van der Waals surface area contributed by atoms with E-state index in [1.54, 1.807) is 12.5 Å². The Hall–Kier alpha value is -5.22. The summed E-state index contributed by atoms with van der Waals surface area (Å²) in [5.74, 6) is 1.32. The largest absolute Gasteiger partial charge is 0.336 e. The SMILES string of the molecule is Cc1cn(-c2nccc3[nH]c(-c4n[nH]c5ccc(-c6cncc(CNCc7ccccc7)c6)nc45)nc23)cn1. The molecule has 0 unspecified atom stereocenters. The molecule has 190 valence electrons. The predicted octanol–water partition coefficient (Wildman–Crippen LogP) is 4.74. The molecule has 1 aromatic carbocycles. The average molecular weight is 513 g/mol. The zero-order chi connectivity index (χ0) is 26.2.